The molecule has 1 saturated heterocycles. The number of amides is 1. The standard InChI is InChI=1S/C29H27F6N5O6S2.C2H6.CH4O/c30-21-13-17(1-6-23(21)45-27(31)32)14-37-26(42)22-15-39(28-38-25-18(16-41)7-9-36-10-8-24(25)47-28)11-12-40(22)48(43,44)20-4-2-19(3-5-20)46-29(33,34)35;2*1-2/h1-7,10,13,22,27,41H,8-9,11-12,14-16H2,(H,37,42);1-2H3;2H,1H3/t22-;;/m1../s1. The van der Waals surface area contributed by atoms with Gasteiger partial charge < -0.3 is 29.9 Å². The zero-order valence-corrected chi connectivity index (χ0v) is 29.7. The van der Waals surface area contributed by atoms with Crippen molar-refractivity contribution in [2.45, 2.75) is 50.7 Å². The lowest BCUT2D eigenvalue weighted by Crippen LogP contribution is -2.60. The van der Waals surface area contributed by atoms with Gasteiger partial charge in [0.05, 0.1) is 23.7 Å². The summed E-state index contributed by atoms with van der Waals surface area (Å²) in [6.45, 7) is 0.152. The summed E-state index contributed by atoms with van der Waals surface area (Å²) < 4.78 is 114. The van der Waals surface area contributed by atoms with Crippen LogP contribution in [0, 0.1) is 5.82 Å². The van der Waals surface area contributed by atoms with E-state index < -0.39 is 57.2 Å². The number of hydrogen-bond acceptors (Lipinski definition) is 11. The molecule has 286 valence electrons. The number of alkyl halides is 5. The fraction of sp³-hybridized carbons (Fsp3) is 0.406. The minimum Gasteiger partial charge on any atom is -0.432 e. The van der Waals surface area contributed by atoms with Crippen LogP contribution in [0.25, 0.3) is 5.57 Å². The van der Waals surface area contributed by atoms with E-state index in [0.717, 1.165) is 52.7 Å². The van der Waals surface area contributed by atoms with Gasteiger partial charge in [0.15, 0.2) is 16.7 Å². The van der Waals surface area contributed by atoms with E-state index in [9.17, 15) is 44.7 Å². The van der Waals surface area contributed by atoms with Crippen molar-refractivity contribution in [1.29, 1.82) is 0 Å². The number of aromatic nitrogens is 1. The first-order valence-corrected chi connectivity index (χ1v) is 17.9. The van der Waals surface area contributed by atoms with Crippen molar-refractivity contribution in [2.75, 3.05) is 44.8 Å². The third-order valence-electron chi connectivity index (χ3n) is 7.26. The third-order valence-corrected chi connectivity index (χ3v) is 10.3. The van der Waals surface area contributed by atoms with Crippen LogP contribution >= 0.6 is 11.3 Å². The third kappa shape index (κ3) is 10.9. The molecule has 20 heteroatoms. The molecule has 1 amide bonds. The molecule has 2 aromatic carbocycles. The van der Waals surface area contributed by atoms with E-state index in [-0.39, 0.29) is 38.3 Å². The lowest BCUT2D eigenvalue weighted by molar-refractivity contribution is -0.274. The Labute approximate surface area is 300 Å². The van der Waals surface area contributed by atoms with Gasteiger partial charge in [-0.05, 0) is 42.0 Å². The fourth-order valence-electron chi connectivity index (χ4n) is 5.03. The number of aliphatic hydroxyl groups is 2. The zero-order chi connectivity index (χ0) is 38.6. The minimum atomic E-state index is -4.99. The van der Waals surface area contributed by atoms with Gasteiger partial charge in [-0.15, -0.1) is 24.5 Å². The molecular formula is C32H37F6N5O7S2. The van der Waals surface area contributed by atoms with Crippen molar-refractivity contribution in [3.8, 4) is 11.5 Å². The highest BCUT2D eigenvalue weighted by Gasteiger charge is 2.41. The summed E-state index contributed by atoms with van der Waals surface area (Å²) in [7, 11) is -3.47. The van der Waals surface area contributed by atoms with Gasteiger partial charge in [-0.2, -0.15) is 13.1 Å². The molecular weight excluding hydrogens is 745 g/mol. The SMILES string of the molecule is CC.CO.O=C(NCc1ccc(OC(F)F)c(F)c1)[C@H]1CN(c2nc3c(s2)CC=NCC=C3CO)CCN1S(=O)(=O)c1ccc(OC(F)(F)F)cc1. The number of carbonyl (C=O) groups is 1. The number of benzene rings is 2. The minimum absolute atomic E-state index is 0.0771. The summed E-state index contributed by atoms with van der Waals surface area (Å²) in [6.07, 6.45) is -1.10. The number of ether oxygens (including phenoxy) is 2. The van der Waals surface area contributed by atoms with Gasteiger partial charge in [-0.1, -0.05) is 26.0 Å². The average Bonchev–Trinajstić information content (AvgIpc) is 3.52. The van der Waals surface area contributed by atoms with Crippen molar-refractivity contribution in [2.24, 2.45) is 4.99 Å². The Morgan fingerprint density at radius 1 is 1.12 bits per heavy atom. The summed E-state index contributed by atoms with van der Waals surface area (Å²) in [5.74, 6) is -3.24. The van der Waals surface area contributed by atoms with Crippen molar-refractivity contribution in [3.63, 3.8) is 0 Å². The Bertz CT molecular complexity index is 1810. The highest BCUT2D eigenvalue weighted by Crippen LogP contribution is 2.34. The number of sulfonamides is 1. The van der Waals surface area contributed by atoms with Crippen LogP contribution in [0.3, 0.4) is 0 Å². The Kier molecular flexibility index (Phi) is 15.4. The summed E-state index contributed by atoms with van der Waals surface area (Å²) in [5, 5.41) is 19.9. The van der Waals surface area contributed by atoms with E-state index in [4.69, 9.17) is 5.11 Å². The van der Waals surface area contributed by atoms with Crippen molar-refractivity contribution >= 4 is 44.2 Å². The number of carbonyl (C=O) groups excluding carboxylic acids is 1. The molecule has 0 aliphatic carbocycles. The Balaban J connectivity index is 0.00000176. The van der Waals surface area contributed by atoms with Gasteiger partial charge in [0.2, 0.25) is 15.9 Å². The van der Waals surface area contributed by atoms with Gasteiger partial charge in [-0.25, -0.2) is 17.8 Å². The molecule has 0 saturated carbocycles. The maximum atomic E-state index is 14.3. The van der Waals surface area contributed by atoms with E-state index in [1.807, 2.05) is 13.8 Å². The molecule has 1 aromatic heterocycles. The molecule has 52 heavy (non-hydrogen) atoms. The molecule has 3 aromatic rings. The number of aliphatic hydroxyl groups excluding tert-OH is 2. The first-order valence-electron chi connectivity index (χ1n) is 15.6. The van der Waals surface area contributed by atoms with Crippen LogP contribution in [0.15, 0.2) is 58.4 Å². The van der Waals surface area contributed by atoms with Crippen LogP contribution in [-0.4, -0.2) is 99.0 Å². The first kappa shape index (κ1) is 42.2. The molecule has 1 atom stereocenters. The van der Waals surface area contributed by atoms with Crippen LogP contribution in [0.1, 0.15) is 30.0 Å². The van der Waals surface area contributed by atoms with Crippen molar-refractivity contribution in [1.82, 2.24) is 14.6 Å². The van der Waals surface area contributed by atoms with Crippen molar-refractivity contribution < 1.29 is 59.2 Å². The first-order chi connectivity index (χ1) is 24.7. The highest BCUT2D eigenvalue weighted by atomic mass is 32.2. The molecule has 0 unspecified atom stereocenters. The number of fused-ring (bicyclic) bond motifs is 1. The molecule has 3 heterocycles. The maximum Gasteiger partial charge on any atom is 0.573 e. The normalized spacial score (nSPS) is 16.3. The molecule has 1 fully saturated rings. The second kappa shape index (κ2) is 19.0. The second-order valence-electron chi connectivity index (χ2n) is 10.4. The predicted molar refractivity (Wildman–Crippen MR) is 182 cm³/mol. The number of piperazine rings is 1. The summed E-state index contributed by atoms with van der Waals surface area (Å²) >= 11 is 1.28. The number of halogens is 6. The number of nitrogens with zero attached hydrogens (tertiary/aromatic N) is 4. The van der Waals surface area contributed by atoms with Crippen LogP contribution in [0.2, 0.25) is 0 Å². The lowest BCUT2D eigenvalue weighted by Gasteiger charge is -2.39. The van der Waals surface area contributed by atoms with Crippen LogP contribution < -0.4 is 19.7 Å². The van der Waals surface area contributed by atoms with Crippen LogP contribution in [0.4, 0.5) is 31.5 Å². The van der Waals surface area contributed by atoms with Crippen molar-refractivity contribution in [3.05, 3.63) is 70.5 Å². The van der Waals surface area contributed by atoms with Gasteiger partial charge in [0.25, 0.3) is 0 Å². The smallest absolute Gasteiger partial charge is 0.432 e. The monoisotopic (exact) mass is 781 g/mol. The predicted octanol–water partition coefficient (Wildman–Crippen LogP) is 4.62. The molecule has 0 bridgehead atoms. The van der Waals surface area contributed by atoms with E-state index in [1.54, 1.807) is 17.2 Å². The summed E-state index contributed by atoms with van der Waals surface area (Å²) in [6, 6.07) is 5.21. The number of thiazole rings is 1. The Morgan fingerprint density at radius 2 is 1.81 bits per heavy atom. The van der Waals surface area contributed by atoms with Gasteiger partial charge >= 0.3 is 13.0 Å². The lowest BCUT2D eigenvalue weighted by atomic mass is 10.1. The summed E-state index contributed by atoms with van der Waals surface area (Å²) in [4.78, 5) is 24.7. The largest absolute Gasteiger partial charge is 0.573 e. The van der Waals surface area contributed by atoms with E-state index in [1.165, 1.54) is 17.4 Å². The molecule has 12 nitrogen and oxygen atoms in total. The number of aliphatic imine (C=N–C) groups is 1. The number of hydrogen-bond donors (Lipinski definition) is 3. The molecule has 0 radical (unpaired) electrons. The molecule has 0 spiro atoms. The topological polar surface area (TPSA) is 154 Å². The molecule has 5 rings (SSSR count). The van der Waals surface area contributed by atoms with E-state index in [2.05, 4.69) is 24.8 Å². The van der Waals surface area contributed by atoms with Crippen LogP contribution in [0.5, 0.6) is 11.5 Å². The fourth-order valence-corrected chi connectivity index (χ4v) is 7.68. The quantitative estimate of drug-likeness (QED) is 0.250. The summed E-state index contributed by atoms with van der Waals surface area (Å²) in [5.41, 5.74) is 1.28. The van der Waals surface area contributed by atoms with Gasteiger partial charge in [0, 0.05) is 56.4 Å². The maximum absolute atomic E-state index is 14.3. The van der Waals surface area contributed by atoms with E-state index in [0.29, 0.717) is 29.4 Å². The van der Waals surface area contributed by atoms with Gasteiger partial charge in [0.1, 0.15) is 11.8 Å². The second-order valence-corrected chi connectivity index (χ2v) is 13.3. The van der Waals surface area contributed by atoms with E-state index >= 15 is 0 Å². The Morgan fingerprint density at radius 3 is 2.42 bits per heavy atom. The number of rotatable bonds is 10. The molecule has 2 aliphatic rings. The Hall–Kier alpha value is -4.24. The highest BCUT2D eigenvalue weighted by molar-refractivity contribution is 7.89. The zero-order valence-electron chi connectivity index (χ0n) is 28.1. The number of anilines is 1. The molecule has 2 aliphatic heterocycles. The van der Waals surface area contributed by atoms with Crippen LogP contribution in [-0.2, 0) is 27.8 Å². The molecule has 3 N–H and O–H groups in total. The number of nitrogens with one attached hydrogen (secondary N) is 1. The van der Waals surface area contributed by atoms with Gasteiger partial charge in [-0.3, -0.25) is 9.79 Å². The average molecular weight is 782 g/mol.